The Balaban J connectivity index is 1.91. The second-order valence-corrected chi connectivity index (χ2v) is 6.33. The zero-order chi connectivity index (χ0) is 15.2. The van der Waals surface area contributed by atoms with E-state index in [4.69, 9.17) is 4.74 Å². The van der Waals surface area contributed by atoms with Crippen LogP contribution in [0.4, 0.5) is 0 Å². The molecular weight excluding hydrogens is 262 g/mol. The van der Waals surface area contributed by atoms with Gasteiger partial charge in [0.1, 0.15) is 6.61 Å². The van der Waals surface area contributed by atoms with E-state index >= 15 is 0 Å². The van der Waals surface area contributed by atoms with Crippen molar-refractivity contribution in [2.75, 3.05) is 13.2 Å². The minimum Gasteiger partial charge on any atom is -0.373 e. The Bertz CT molecular complexity index is 434. The molecule has 1 atom stereocenters. The van der Waals surface area contributed by atoms with Gasteiger partial charge in [0.05, 0.1) is 0 Å². The summed E-state index contributed by atoms with van der Waals surface area (Å²) in [6.07, 6.45) is 4.77. The van der Waals surface area contributed by atoms with Crippen molar-refractivity contribution >= 4 is 0 Å². The summed E-state index contributed by atoms with van der Waals surface area (Å²) in [5.74, 6) is 1.43. The summed E-state index contributed by atoms with van der Waals surface area (Å²) in [5.41, 5.74) is 3.52. The van der Waals surface area contributed by atoms with Gasteiger partial charge in [-0.15, -0.1) is 0 Å². The highest BCUT2D eigenvalue weighted by Gasteiger charge is 2.21. The van der Waals surface area contributed by atoms with Crippen LogP contribution in [0, 0.1) is 19.8 Å². The van der Waals surface area contributed by atoms with Crippen molar-refractivity contribution in [2.24, 2.45) is 5.92 Å². The lowest BCUT2D eigenvalue weighted by Crippen LogP contribution is -2.25. The van der Waals surface area contributed by atoms with Gasteiger partial charge in [-0.1, -0.05) is 13.8 Å². The minimum absolute atomic E-state index is 0.522. The van der Waals surface area contributed by atoms with Crippen LogP contribution in [0.25, 0.3) is 0 Å². The molecule has 1 unspecified atom stereocenters. The highest BCUT2D eigenvalue weighted by Crippen LogP contribution is 2.20. The van der Waals surface area contributed by atoms with E-state index in [1.54, 1.807) is 0 Å². The summed E-state index contributed by atoms with van der Waals surface area (Å²) in [7, 11) is 0. The molecule has 1 aliphatic carbocycles. The second kappa shape index (κ2) is 7.85. The molecule has 0 spiro atoms. The number of hydrogen-bond acceptors (Lipinski definition) is 4. The number of rotatable bonds is 9. The van der Waals surface area contributed by atoms with Crippen molar-refractivity contribution in [2.45, 2.75) is 66.0 Å². The summed E-state index contributed by atoms with van der Waals surface area (Å²) < 4.78 is 5.54. The van der Waals surface area contributed by atoms with Crippen LogP contribution in [-0.4, -0.2) is 29.2 Å². The average molecular weight is 291 g/mol. The van der Waals surface area contributed by atoms with Crippen molar-refractivity contribution in [1.29, 1.82) is 0 Å². The van der Waals surface area contributed by atoms with Gasteiger partial charge in [-0.05, 0) is 57.6 Å². The third-order valence-electron chi connectivity index (χ3n) is 3.93. The second-order valence-electron chi connectivity index (χ2n) is 6.33. The van der Waals surface area contributed by atoms with Gasteiger partial charge in [0.2, 0.25) is 0 Å². The number of ether oxygens (including phenoxy) is 1. The number of aryl methyl sites for hydroxylation is 2. The van der Waals surface area contributed by atoms with Crippen LogP contribution in [0.5, 0.6) is 0 Å². The third-order valence-corrected chi connectivity index (χ3v) is 3.93. The zero-order valence-electron chi connectivity index (χ0n) is 13.9. The Kier molecular flexibility index (Phi) is 6.12. The van der Waals surface area contributed by atoms with Gasteiger partial charge >= 0.3 is 0 Å². The SMILES string of the molecule is CCCOCc1nc(C)c(CC(C)CNC2CC2)c(C)n1. The molecule has 0 bridgehead atoms. The van der Waals surface area contributed by atoms with Gasteiger partial charge in [-0.3, -0.25) is 0 Å². The lowest BCUT2D eigenvalue weighted by molar-refractivity contribution is 0.115. The van der Waals surface area contributed by atoms with E-state index in [9.17, 15) is 0 Å². The van der Waals surface area contributed by atoms with Crippen molar-refractivity contribution in [1.82, 2.24) is 15.3 Å². The van der Waals surface area contributed by atoms with E-state index in [0.717, 1.165) is 49.2 Å². The molecule has 1 saturated carbocycles. The topological polar surface area (TPSA) is 47.0 Å². The Hall–Kier alpha value is -1.00. The van der Waals surface area contributed by atoms with Gasteiger partial charge in [0.25, 0.3) is 0 Å². The van der Waals surface area contributed by atoms with E-state index in [0.29, 0.717) is 12.5 Å². The van der Waals surface area contributed by atoms with Crippen LogP contribution in [-0.2, 0) is 17.8 Å². The predicted octanol–water partition coefficient (Wildman–Crippen LogP) is 2.95. The Labute approximate surface area is 128 Å². The molecule has 1 fully saturated rings. The summed E-state index contributed by atoms with van der Waals surface area (Å²) in [5, 5.41) is 3.60. The Morgan fingerprint density at radius 3 is 2.48 bits per heavy atom. The summed E-state index contributed by atoms with van der Waals surface area (Å²) in [6.45, 7) is 11.0. The Morgan fingerprint density at radius 2 is 1.90 bits per heavy atom. The fraction of sp³-hybridized carbons (Fsp3) is 0.765. The van der Waals surface area contributed by atoms with Crippen LogP contribution in [0.1, 0.15) is 55.9 Å². The van der Waals surface area contributed by atoms with Crippen molar-refractivity contribution in [3.8, 4) is 0 Å². The molecule has 0 aromatic carbocycles. The quantitative estimate of drug-likeness (QED) is 0.711. The van der Waals surface area contributed by atoms with Crippen LogP contribution in [0.2, 0.25) is 0 Å². The van der Waals surface area contributed by atoms with E-state index in [-0.39, 0.29) is 0 Å². The summed E-state index contributed by atoms with van der Waals surface area (Å²) >= 11 is 0. The molecule has 1 aromatic heterocycles. The van der Waals surface area contributed by atoms with E-state index in [2.05, 4.69) is 43.0 Å². The number of aromatic nitrogens is 2. The van der Waals surface area contributed by atoms with Gasteiger partial charge in [-0.2, -0.15) is 0 Å². The average Bonchev–Trinajstić information content (AvgIpc) is 3.25. The fourth-order valence-corrected chi connectivity index (χ4v) is 2.55. The first kappa shape index (κ1) is 16.4. The minimum atomic E-state index is 0.522. The lowest BCUT2D eigenvalue weighted by atomic mass is 9.98. The van der Waals surface area contributed by atoms with Crippen molar-refractivity contribution in [3.63, 3.8) is 0 Å². The van der Waals surface area contributed by atoms with Gasteiger partial charge in [0, 0.05) is 24.0 Å². The van der Waals surface area contributed by atoms with E-state index in [1.807, 2.05) is 0 Å². The maximum atomic E-state index is 5.54. The highest BCUT2D eigenvalue weighted by atomic mass is 16.5. The standard InChI is InChI=1S/C17H29N3O/c1-5-8-21-11-17-19-13(3)16(14(4)20-17)9-12(2)10-18-15-6-7-15/h12,15,18H,5-11H2,1-4H3. The van der Waals surface area contributed by atoms with E-state index in [1.165, 1.54) is 18.4 Å². The molecule has 0 aliphatic heterocycles. The van der Waals surface area contributed by atoms with E-state index < -0.39 is 0 Å². The predicted molar refractivity (Wildman–Crippen MR) is 85.3 cm³/mol. The first-order valence-electron chi connectivity index (χ1n) is 8.24. The molecule has 4 nitrogen and oxygen atoms in total. The van der Waals surface area contributed by atoms with Gasteiger partial charge in [0.15, 0.2) is 5.82 Å². The smallest absolute Gasteiger partial charge is 0.154 e. The molecule has 1 aromatic rings. The molecule has 2 rings (SSSR count). The molecular formula is C17H29N3O. The molecule has 1 heterocycles. The monoisotopic (exact) mass is 291 g/mol. The summed E-state index contributed by atoms with van der Waals surface area (Å²) in [4.78, 5) is 9.22. The molecule has 1 aliphatic rings. The number of nitrogens with one attached hydrogen (secondary N) is 1. The maximum absolute atomic E-state index is 5.54. The first-order valence-corrected chi connectivity index (χ1v) is 8.24. The van der Waals surface area contributed by atoms with Crippen LogP contribution >= 0.6 is 0 Å². The molecule has 0 radical (unpaired) electrons. The largest absolute Gasteiger partial charge is 0.373 e. The zero-order valence-corrected chi connectivity index (χ0v) is 13.9. The highest BCUT2D eigenvalue weighted by molar-refractivity contribution is 5.24. The molecule has 21 heavy (non-hydrogen) atoms. The first-order chi connectivity index (χ1) is 10.1. The van der Waals surface area contributed by atoms with Crippen molar-refractivity contribution in [3.05, 3.63) is 22.8 Å². The summed E-state index contributed by atoms with van der Waals surface area (Å²) in [6, 6.07) is 0.781. The van der Waals surface area contributed by atoms with Crippen LogP contribution < -0.4 is 5.32 Å². The fourth-order valence-electron chi connectivity index (χ4n) is 2.55. The lowest BCUT2D eigenvalue weighted by Gasteiger charge is -2.16. The third kappa shape index (κ3) is 5.36. The van der Waals surface area contributed by atoms with Crippen LogP contribution in [0.3, 0.4) is 0 Å². The van der Waals surface area contributed by atoms with Crippen molar-refractivity contribution < 1.29 is 4.74 Å². The molecule has 118 valence electrons. The van der Waals surface area contributed by atoms with Gasteiger partial charge in [-0.25, -0.2) is 9.97 Å². The van der Waals surface area contributed by atoms with Crippen LogP contribution in [0.15, 0.2) is 0 Å². The maximum Gasteiger partial charge on any atom is 0.154 e. The van der Waals surface area contributed by atoms with Gasteiger partial charge < -0.3 is 10.1 Å². The Morgan fingerprint density at radius 1 is 1.24 bits per heavy atom. The molecule has 1 N–H and O–H groups in total. The molecule has 0 saturated heterocycles. The number of hydrogen-bond donors (Lipinski definition) is 1. The normalized spacial score (nSPS) is 16.2. The molecule has 4 heteroatoms. The molecule has 0 amide bonds. The number of nitrogens with zero attached hydrogens (tertiary/aromatic N) is 2.